The Morgan fingerprint density at radius 2 is 1.90 bits per heavy atom. The van der Waals surface area contributed by atoms with Crippen LogP contribution >= 0.6 is 31.9 Å². The molecule has 3 aromatic rings. The van der Waals surface area contributed by atoms with Crippen LogP contribution in [-0.2, 0) is 20.1 Å². The molecule has 0 spiro atoms. The normalized spacial score (nSPS) is 11.2. The van der Waals surface area contributed by atoms with Crippen LogP contribution in [-0.4, -0.2) is 20.0 Å². The summed E-state index contributed by atoms with van der Waals surface area (Å²) in [5.74, 6) is 0. The van der Waals surface area contributed by atoms with Gasteiger partial charge in [-0.1, -0.05) is 11.3 Å². The van der Waals surface area contributed by atoms with Gasteiger partial charge in [-0.05, 0) is 55.1 Å². The molecule has 0 saturated heterocycles. The summed E-state index contributed by atoms with van der Waals surface area (Å²) in [6.07, 6.45) is 3.60. The maximum Gasteiger partial charge on any atom is 0.113 e. The molecule has 0 saturated carbocycles. The topological polar surface area (TPSA) is 55.6 Å². The molecule has 0 amide bonds. The van der Waals surface area contributed by atoms with Crippen molar-refractivity contribution in [1.29, 1.82) is 0 Å². The summed E-state index contributed by atoms with van der Waals surface area (Å²) in [6, 6.07) is 6.20. The van der Waals surface area contributed by atoms with Crippen molar-refractivity contribution in [1.82, 2.24) is 25.3 Å². The molecule has 0 radical (unpaired) electrons. The Balaban J connectivity index is 1.69. The fraction of sp³-hybridized carbons (Fsp3) is 0.214. The van der Waals surface area contributed by atoms with Crippen molar-refractivity contribution >= 4 is 42.9 Å². The third-order valence-electron chi connectivity index (χ3n) is 3.26. The van der Waals surface area contributed by atoms with Gasteiger partial charge in [-0.15, -0.1) is 5.10 Å². The Morgan fingerprint density at radius 1 is 1.14 bits per heavy atom. The first kappa shape index (κ1) is 14.6. The van der Waals surface area contributed by atoms with E-state index in [2.05, 4.69) is 64.6 Å². The number of hydrogen-bond donors (Lipinski definition) is 1. The molecular formula is C14H13Br2N5. The summed E-state index contributed by atoms with van der Waals surface area (Å²) < 4.78 is 3.76. The van der Waals surface area contributed by atoms with E-state index >= 15 is 0 Å². The van der Waals surface area contributed by atoms with Gasteiger partial charge in [-0.2, -0.15) is 0 Å². The van der Waals surface area contributed by atoms with Gasteiger partial charge in [-0.3, -0.25) is 4.98 Å². The van der Waals surface area contributed by atoms with E-state index in [1.165, 1.54) is 5.56 Å². The molecule has 0 bridgehead atoms. The predicted molar refractivity (Wildman–Crippen MR) is 88.7 cm³/mol. The van der Waals surface area contributed by atoms with E-state index < -0.39 is 0 Å². The predicted octanol–water partition coefficient (Wildman–Crippen LogP) is 3.18. The number of nitrogens with one attached hydrogen (secondary N) is 1. The lowest BCUT2D eigenvalue weighted by atomic mass is 10.2. The molecule has 2 aromatic heterocycles. The van der Waals surface area contributed by atoms with E-state index in [0.717, 1.165) is 38.6 Å². The maximum absolute atomic E-state index is 4.14. The molecule has 7 heteroatoms. The fourth-order valence-corrected chi connectivity index (χ4v) is 3.34. The monoisotopic (exact) mass is 409 g/mol. The van der Waals surface area contributed by atoms with E-state index in [4.69, 9.17) is 0 Å². The summed E-state index contributed by atoms with van der Waals surface area (Å²) >= 11 is 7.03. The van der Waals surface area contributed by atoms with E-state index in [-0.39, 0.29) is 0 Å². The molecule has 3 rings (SSSR count). The van der Waals surface area contributed by atoms with E-state index in [1.54, 1.807) is 17.1 Å². The highest BCUT2D eigenvalue weighted by Gasteiger charge is 2.06. The Bertz CT molecular complexity index is 764. The second-order valence-corrected chi connectivity index (χ2v) is 6.43. The Labute approximate surface area is 139 Å². The minimum atomic E-state index is 0.752. The third-order valence-corrected chi connectivity index (χ3v) is 4.63. The summed E-state index contributed by atoms with van der Waals surface area (Å²) in [4.78, 5) is 4.11. The van der Waals surface area contributed by atoms with Crippen LogP contribution in [0.3, 0.4) is 0 Å². The highest BCUT2D eigenvalue weighted by molar-refractivity contribution is 9.11. The zero-order chi connectivity index (χ0) is 14.8. The molecule has 0 fully saturated rings. The highest BCUT2D eigenvalue weighted by atomic mass is 79.9. The molecule has 21 heavy (non-hydrogen) atoms. The molecule has 0 atom stereocenters. The lowest BCUT2D eigenvalue weighted by Gasteiger charge is -2.08. The zero-order valence-electron chi connectivity index (χ0n) is 11.3. The lowest BCUT2D eigenvalue weighted by molar-refractivity contribution is 0.689. The smallest absolute Gasteiger partial charge is 0.113 e. The molecule has 1 aromatic carbocycles. The van der Waals surface area contributed by atoms with Gasteiger partial charge in [0.15, 0.2) is 0 Å². The van der Waals surface area contributed by atoms with Crippen LogP contribution in [0.2, 0.25) is 0 Å². The van der Waals surface area contributed by atoms with Crippen LogP contribution in [0.5, 0.6) is 0 Å². The van der Waals surface area contributed by atoms with Gasteiger partial charge in [0.25, 0.3) is 0 Å². The minimum Gasteiger partial charge on any atom is -0.309 e. The van der Waals surface area contributed by atoms with Crippen molar-refractivity contribution in [2.75, 3.05) is 0 Å². The van der Waals surface area contributed by atoms with Crippen LogP contribution in [0.1, 0.15) is 11.1 Å². The summed E-state index contributed by atoms with van der Waals surface area (Å²) in [7, 11) is 1.89. The summed E-state index contributed by atoms with van der Waals surface area (Å²) in [5, 5.41) is 11.6. The van der Waals surface area contributed by atoms with Gasteiger partial charge in [0, 0.05) is 41.5 Å². The second-order valence-electron chi connectivity index (χ2n) is 4.72. The fourth-order valence-electron chi connectivity index (χ4n) is 2.13. The molecular weight excluding hydrogens is 398 g/mol. The Kier molecular flexibility index (Phi) is 4.32. The number of pyridine rings is 1. The van der Waals surface area contributed by atoms with Crippen molar-refractivity contribution < 1.29 is 0 Å². The molecule has 2 heterocycles. The van der Waals surface area contributed by atoms with Crippen molar-refractivity contribution in [3.8, 4) is 0 Å². The van der Waals surface area contributed by atoms with Crippen LogP contribution in [0.25, 0.3) is 11.0 Å². The molecule has 1 N–H and O–H groups in total. The average molecular weight is 411 g/mol. The minimum absolute atomic E-state index is 0.752. The molecule has 0 unspecified atom stereocenters. The summed E-state index contributed by atoms with van der Waals surface area (Å²) in [6.45, 7) is 1.52. The third kappa shape index (κ3) is 3.14. The van der Waals surface area contributed by atoms with Crippen molar-refractivity contribution in [3.63, 3.8) is 0 Å². The number of aromatic nitrogens is 4. The maximum atomic E-state index is 4.14. The van der Waals surface area contributed by atoms with Gasteiger partial charge < -0.3 is 5.32 Å². The standard InChI is InChI=1S/C14H13Br2N5/c1-21-14-3-2-9(4-13(14)19-20-21)5-17-6-10-11(15)7-18-8-12(10)16/h2-4,7-8,17H,5-6H2,1H3. The molecule has 108 valence electrons. The van der Waals surface area contributed by atoms with Gasteiger partial charge in [0.2, 0.25) is 0 Å². The molecule has 0 aliphatic carbocycles. The first-order chi connectivity index (χ1) is 10.1. The number of fused-ring (bicyclic) bond motifs is 1. The number of halogens is 2. The number of aryl methyl sites for hydroxylation is 1. The van der Waals surface area contributed by atoms with Crippen LogP contribution < -0.4 is 5.32 Å². The summed E-state index contributed by atoms with van der Waals surface area (Å²) in [5.41, 5.74) is 4.30. The van der Waals surface area contributed by atoms with Crippen LogP contribution in [0.15, 0.2) is 39.5 Å². The Hall–Kier alpha value is -1.31. The molecule has 5 nitrogen and oxygen atoms in total. The highest BCUT2D eigenvalue weighted by Crippen LogP contribution is 2.23. The van der Waals surface area contributed by atoms with Gasteiger partial charge in [0.05, 0.1) is 5.52 Å². The molecule has 0 aliphatic heterocycles. The average Bonchev–Trinajstić information content (AvgIpc) is 2.83. The van der Waals surface area contributed by atoms with E-state index in [9.17, 15) is 0 Å². The SMILES string of the molecule is Cn1nnc2cc(CNCc3c(Br)cncc3Br)ccc21. The van der Waals surface area contributed by atoms with Crippen molar-refractivity contribution in [2.24, 2.45) is 7.05 Å². The number of nitrogens with zero attached hydrogens (tertiary/aromatic N) is 4. The van der Waals surface area contributed by atoms with E-state index in [1.807, 2.05) is 13.1 Å². The lowest BCUT2D eigenvalue weighted by Crippen LogP contribution is -2.13. The van der Waals surface area contributed by atoms with Crippen LogP contribution in [0, 0.1) is 0 Å². The largest absolute Gasteiger partial charge is 0.309 e. The number of benzene rings is 1. The number of rotatable bonds is 4. The van der Waals surface area contributed by atoms with Gasteiger partial charge in [-0.25, -0.2) is 4.68 Å². The van der Waals surface area contributed by atoms with Gasteiger partial charge in [0.1, 0.15) is 5.52 Å². The van der Waals surface area contributed by atoms with Crippen molar-refractivity contribution in [3.05, 3.63) is 50.7 Å². The quantitative estimate of drug-likeness (QED) is 0.717. The molecule has 0 aliphatic rings. The van der Waals surface area contributed by atoms with Crippen molar-refractivity contribution in [2.45, 2.75) is 13.1 Å². The Morgan fingerprint density at radius 3 is 2.67 bits per heavy atom. The van der Waals surface area contributed by atoms with Gasteiger partial charge >= 0.3 is 0 Å². The first-order valence-electron chi connectivity index (χ1n) is 6.42. The number of hydrogen-bond acceptors (Lipinski definition) is 4. The van der Waals surface area contributed by atoms with Crippen LogP contribution in [0.4, 0.5) is 0 Å². The van der Waals surface area contributed by atoms with E-state index in [0.29, 0.717) is 0 Å². The zero-order valence-corrected chi connectivity index (χ0v) is 14.5. The first-order valence-corrected chi connectivity index (χ1v) is 8.00. The second kappa shape index (κ2) is 6.21.